The zero-order chi connectivity index (χ0) is 15.0. The zero-order valence-electron chi connectivity index (χ0n) is 11.2. The van der Waals surface area contributed by atoms with Crippen molar-refractivity contribution in [1.29, 1.82) is 0 Å². The molecule has 21 heavy (non-hydrogen) atoms. The van der Waals surface area contributed by atoms with Crippen LogP contribution < -0.4 is 5.32 Å². The zero-order valence-corrected chi connectivity index (χ0v) is 12.7. The van der Waals surface area contributed by atoms with E-state index < -0.39 is 5.82 Å². The molecule has 1 aromatic heterocycles. The lowest BCUT2D eigenvalue weighted by Gasteiger charge is -2.30. The molecule has 0 aliphatic carbocycles. The van der Waals surface area contributed by atoms with Crippen molar-refractivity contribution >= 4 is 23.2 Å². The van der Waals surface area contributed by atoms with Crippen LogP contribution in [0.3, 0.4) is 0 Å². The van der Waals surface area contributed by atoms with Gasteiger partial charge in [-0.1, -0.05) is 28.4 Å². The smallest absolute Gasteiger partial charge is 0.259 e. The van der Waals surface area contributed by atoms with Gasteiger partial charge in [0.05, 0.1) is 21.7 Å². The molecule has 5 nitrogen and oxygen atoms in total. The van der Waals surface area contributed by atoms with Crippen LogP contribution >= 0.6 is 23.2 Å². The minimum absolute atomic E-state index is 0.0205. The Morgan fingerprint density at radius 1 is 1.38 bits per heavy atom. The van der Waals surface area contributed by atoms with Gasteiger partial charge < -0.3 is 9.84 Å². The first-order valence-electron chi connectivity index (χ1n) is 6.45. The third kappa shape index (κ3) is 2.89. The number of halogens is 3. The molecule has 2 heterocycles. The number of hydrogen-bond donors (Lipinski definition) is 1. The third-order valence-electron chi connectivity index (χ3n) is 3.49. The molecule has 112 valence electrons. The van der Waals surface area contributed by atoms with E-state index in [-0.39, 0.29) is 22.0 Å². The topological polar surface area (TPSA) is 54.2 Å². The van der Waals surface area contributed by atoms with E-state index in [4.69, 9.17) is 27.7 Å². The number of piperazine rings is 1. The highest BCUT2D eigenvalue weighted by Gasteiger charge is 2.26. The highest BCUT2D eigenvalue weighted by molar-refractivity contribution is 6.36. The summed E-state index contributed by atoms with van der Waals surface area (Å²) in [6, 6.07) is 2.55. The molecule has 0 bridgehead atoms. The Bertz CT molecular complexity index is 664. The molecule has 0 amide bonds. The van der Waals surface area contributed by atoms with Crippen molar-refractivity contribution in [3.05, 3.63) is 33.8 Å². The monoisotopic (exact) mass is 330 g/mol. The van der Waals surface area contributed by atoms with Crippen molar-refractivity contribution in [2.45, 2.75) is 6.04 Å². The van der Waals surface area contributed by atoms with E-state index in [0.717, 1.165) is 19.6 Å². The first-order valence-corrected chi connectivity index (χ1v) is 7.21. The van der Waals surface area contributed by atoms with Crippen molar-refractivity contribution in [2.75, 3.05) is 26.7 Å². The van der Waals surface area contributed by atoms with Crippen LogP contribution in [0, 0.1) is 5.82 Å². The van der Waals surface area contributed by atoms with E-state index >= 15 is 0 Å². The minimum Gasteiger partial charge on any atom is -0.334 e. The van der Waals surface area contributed by atoms with Gasteiger partial charge in [0.15, 0.2) is 5.82 Å². The molecule has 1 N–H and O–H groups in total. The fourth-order valence-corrected chi connectivity index (χ4v) is 2.72. The predicted molar refractivity (Wildman–Crippen MR) is 78.0 cm³/mol. The normalized spacial score (nSPS) is 19.9. The van der Waals surface area contributed by atoms with Gasteiger partial charge in [-0.15, -0.1) is 0 Å². The lowest BCUT2D eigenvalue weighted by molar-refractivity contribution is 0.190. The quantitative estimate of drug-likeness (QED) is 0.858. The Labute approximate surface area is 131 Å². The van der Waals surface area contributed by atoms with Crippen LogP contribution in [0.1, 0.15) is 11.9 Å². The maximum absolute atomic E-state index is 13.6. The Morgan fingerprint density at radius 3 is 2.95 bits per heavy atom. The summed E-state index contributed by atoms with van der Waals surface area (Å²) in [5.41, 5.74) is 0.337. The van der Waals surface area contributed by atoms with Gasteiger partial charge in [-0.2, -0.15) is 4.98 Å². The molecule has 0 spiro atoms. The van der Waals surface area contributed by atoms with Crippen molar-refractivity contribution in [3.63, 3.8) is 0 Å². The van der Waals surface area contributed by atoms with Crippen molar-refractivity contribution in [2.24, 2.45) is 0 Å². The van der Waals surface area contributed by atoms with Gasteiger partial charge in [-0.05, 0) is 19.2 Å². The van der Waals surface area contributed by atoms with Crippen LogP contribution in [0.5, 0.6) is 0 Å². The van der Waals surface area contributed by atoms with E-state index in [1.54, 1.807) is 0 Å². The van der Waals surface area contributed by atoms with E-state index in [0.29, 0.717) is 11.4 Å². The fraction of sp³-hybridized carbons (Fsp3) is 0.385. The van der Waals surface area contributed by atoms with E-state index in [1.165, 1.54) is 12.1 Å². The van der Waals surface area contributed by atoms with Gasteiger partial charge >= 0.3 is 0 Å². The van der Waals surface area contributed by atoms with E-state index in [9.17, 15) is 4.39 Å². The summed E-state index contributed by atoms with van der Waals surface area (Å²) in [4.78, 5) is 6.47. The summed E-state index contributed by atoms with van der Waals surface area (Å²) < 4.78 is 18.8. The first kappa shape index (κ1) is 14.7. The Morgan fingerprint density at radius 2 is 2.19 bits per heavy atom. The molecule has 0 radical (unpaired) electrons. The summed E-state index contributed by atoms with van der Waals surface area (Å²) in [5.74, 6) is 0.155. The largest absolute Gasteiger partial charge is 0.334 e. The van der Waals surface area contributed by atoms with Gasteiger partial charge in [-0.25, -0.2) is 4.39 Å². The molecule has 1 aliphatic heterocycles. The molecular formula is C13H13Cl2FN4O. The summed E-state index contributed by atoms with van der Waals surface area (Å²) >= 11 is 11.7. The lowest BCUT2D eigenvalue weighted by Crippen LogP contribution is -2.44. The lowest BCUT2D eigenvalue weighted by atomic mass is 10.2. The summed E-state index contributed by atoms with van der Waals surface area (Å²) in [6.45, 7) is 2.55. The molecular weight excluding hydrogens is 318 g/mol. The van der Waals surface area contributed by atoms with Crippen LogP contribution in [0.25, 0.3) is 11.5 Å². The summed E-state index contributed by atoms with van der Waals surface area (Å²) in [5, 5.41) is 7.48. The maximum atomic E-state index is 13.6. The molecule has 3 rings (SSSR count). The number of benzene rings is 1. The molecule has 1 aliphatic rings. The van der Waals surface area contributed by atoms with Gasteiger partial charge in [0.2, 0.25) is 0 Å². The second kappa shape index (κ2) is 5.88. The highest BCUT2D eigenvalue weighted by atomic mass is 35.5. The molecule has 1 atom stereocenters. The predicted octanol–water partition coefficient (Wildman–Crippen LogP) is 2.76. The van der Waals surface area contributed by atoms with Crippen LogP contribution in [0.2, 0.25) is 10.0 Å². The standard InChI is InChI=1S/C13H13Cl2FN4O/c1-20-3-2-17-6-11(20)12-18-13(21-19-12)7-4-10(16)9(15)5-8(7)14/h4-5,11,17H,2-3,6H2,1H3. The number of nitrogens with zero attached hydrogens (tertiary/aromatic N) is 3. The van der Waals surface area contributed by atoms with Crippen LogP contribution in [-0.4, -0.2) is 41.7 Å². The van der Waals surface area contributed by atoms with Gasteiger partial charge in [0.1, 0.15) is 5.82 Å². The molecule has 0 saturated carbocycles. The molecule has 1 saturated heterocycles. The minimum atomic E-state index is -0.577. The maximum Gasteiger partial charge on any atom is 0.259 e. The first-order chi connectivity index (χ1) is 10.1. The highest BCUT2D eigenvalue weighted by Crippen LogP contribution is 2.32. The SMILES string of the molecule is CN1CCNCC1c1noc(-c2cc(F)c(Cl)cc2Cl)n1. The summed E-state index contributed by atoms with van der Waals surface area (Å²) in [6.07, 6.45) is 0. The molecule has 2 aromatic rings. The van der Waals surface area contributed by atoms with Crippen LogP contribution in [-0.2, 0) is 0 Å². The van der Waals surface area contributed by atoms with E-state index in [2.05, 4.69) is 20.4 Å². The number of likely N-dealkylation sites (N-methyl/N-ethyl adjacent to an activating group) is 1. The van der Waals surface area contributed by atoms with Gasteiger partial charge in [0, 0.05) is 19.6 Å². The fourth-order valence-electron chi connectivity index (χ4n) is 2.26. The Kier molecular flexibility index (Phi) is 4.12. The van der Waals surface area contributed by atoms with Gasteiger partial charge in [0.25, 0.3) is 5.89 Å². The average molecular weight is 331 g/mol. The second-order valence-corrected chi connectivity index (χ2v) is 5.72. The van der Waals surface area contributed by atoms with E-state index in [1.807, 2.05) is 7.05 Å². The molecule has 1 aromatic carbocycles. The third-order valence-corrected chi connectivity index (χ3v) is 4.09. The van der Waals surface area contributed by atoms with Crippen LogP contribution in [0.4, 0.5) is 4.39 Å². The Balaban J connectivity index is 1.93. The molecule has 1 fully saturated rings. The van der Waals surface area contributed by atoms with Crippen molar-refractivity contribution in [1.82, 2.24) is 20.4 Å². The average Bonchev–Trinajstić information content (AvgIpc) is 2.92. The van der Waals surface area contributed by atoms with Crippen molar-refractivity contribution < 1.29 is 8.91 Å². The number of rotatable bonds is 2. The van der Waals surface area contributed by atoms with Crippen molar-refractivity contribution in [3.8, 4) is 11.5 Å². The molecule has 8 heteroatoms. The number of aromatic nitrogens is 2. The Hall–Kier alpha value is -1.21. The number of hydrogen-bond acceptors (Lipinski definition) is 5. The number of nitrogens with one attached hydrogen (secondary N) is 1. The van der Waals surface area contributed by atoms with Crippen LogP contribution in [0.15, 0.2) is 16.7 Å². The molecule has 1 unspecified atom stereocenters. The second-order valence-electron chi connectivity index (χ2n) is 4.90. The summed E-state index contributed by atoms with van der Waals surface area (Å²) in [7, 11) is 2.00. The van der Waals surface area contributed by atoms with Gasteiger partial charge in [-0.3, -0.25) is 4.90 Å².